The molecule has 4 N–H and O–H groups in total. The molecule has 19 heavy (non-hydrogen) atoms. The average Bonchev–Trinajstić information content (AvgIpc) is 2.39. The molecule has 0 fully saturated rings. The van der Waals surface area contributed by atoms with Crippen LogP contribution in [0.15, 0.2) is 46.6 Å². The van der Waals surface area contributed by atoms with Crippen LogP contribution in [-0.2, 0) is 0 Å². The normalized spacial score (nSPS) is 10.5. The van der Waals surface area contributed by atoms with Gasteiger partial charge in [0.2, 0.25) is 0 Å². The molecule has 0 atom stereocenters. The van der Waals surface area contributed by atoms with Crippen molar-refractivity contribution in [1.29, 1.82) is 5.26 Å². The van der Waals surface area contributed by atoms with E-state index in [4.69, 9.17) is 16.7 Å². The molecule has 2 aromatic carbocycles. The molecule has 0 aliphatic carbocycles. The van der Waals surface area contributed by atoms with Gasteiger partial charge < -0.3 is 11.5 Å². The van der Waals surface area contributed by atoms with Crippen LogP contribution >= 0.6 is 0 Å². The number of nitrogen functional groups attached to an aromatic ring is 2. The molecule has 0 saturated heterocycles. The van der Waals surface area contributed by atoms with Crippen molar-refractivity contribution < 1.29 is 0 Å². The second-order valence-corrected chi connectivity index (χ2v) is 4.13. The van der Waals surface area contributed by atoms with E-state index in [2.05, 4.69) is 10.2 Å². The third-order valence-electron chi connectivity index (χ3n) is 2.63. The van der Waals surface area contributed by atoms with Crippen LogP contribution in [0, 0.1) is 18.3 Å². The summed E-state index contributed by atoms with van der Waals surface area (Å²) in [7, 11) is 0. The Labute approximate surface area is 111 Å². The van der Waals surface area contributed by atoms with Crippen molar-refractivity contribution in [3.8, 4) is 6.07 Å². The topological polar surface area (TPSA) is 101 Å². The van der Waals surface area contributed by atoms with Gasteiger partial charge in [0, 0.05) is 11.4 Å². The SMILES string of the molecule is Cc1cc(N)ccc1/N=N/c1ccc(N)cc1C#N. The molecule has 0 aliphatic heterocycles. The lowest BCUT2D eigenvalue weighted by atomic mass is 10.2. The number of hydrogen-bond donors (Lipinski definition) is 2. The zero-order valence-corrected chi connectivity index (χ0v) is 10.5. The first-order valence-corrected chi connectivity index (χ1v) is 5.67. The van der Waals surface area contributed by atoms with E-state index in [1.165, 1.54) is 0 Å². The standard InChI is InChI=1S/C14H13N5/c1-9-6-11(16)2-4-13(9)18-19-14-5-3-12(17)7-10(14)8-15/h2-7H,16-17H2,1H3/b19-18+. The maximum absolute atomic E-state index is 9.01. The zero-order valence-electron chi connectivity index (χ0n) is 10.5. The van der Waals surface area contributed by atoms with Gasteiger partial charge in [-0.2, -0.15) is 10.4 Å². The third-order valence-corrected chi connectivity index (χ3v) is 2.63. The molecule has 0 saturated carbocycles. The summed E-state index contributed by atoms with van der Waals surface area (Å²) in [5, 5.41) is 17.2. The van der Waals surface area contributed by atoms with Crippen molar-refractivity contribution in [2.45, 2.75) is 6.92 Å². The van der Waals surface area contributed by atoms with E-state index in [9.17, 15) is 0 Å². The van der Waals surface area contributed by atoms with Crippen LogP contribution in [0.4, 0.5) is 22.7 Å². The molecule has 0 bridgehead atoms. The molecule has 5 heteroatoms. The van der Waals surface area contributed by atoms with E-state index in [1.54, 1.807) is 30.3 Å². The summed E-state index contributed by atoms with van der Waals surface area (Å²) >= 11 is 0. The van der Waals surface area contributed by atoms with Crippen molar-refractivity contribution in [3.05, 3.63) is 47.5 Å². The molecule has 0 spiro atoms. The number of hydrogen-bond acceptors (Lipinski definition) is 5. The van der Waals surface area contributed by atoms with Crippen LogP contribution in [0.5, 0.6) is 0 Å². The maximum Gasteiger partial charge on any atom is 0.104 e. The summed E-state index contributed by atoms with van der Waals surface area (Å²) in [5.74, 6) is 0. The van der Waals surface area contributed by atoms with Gasteiger partial charge in [-0.05, 0) is 48.9 Å². The smallest absolute Gasteiger partial charge is 0.104 e. The number of nitrogens with zero attached hydrogens (tertiary/aromatic N) is 3. The second kappa shape index (κ2) is 5.19. The molecule has 0 heterocycles. The molecule has 0 radical (unpaired) electrons. The lowest BCUT2D eigenvalue weighted by molar-refractivity contribution is 1.20. The predicted molar refractivity (Wildman–Crippen MR) is 75.3 cm³/mol. The monoisotopic (exact) mass is 251 g/mol. The average molecular weight is 251 g/mol. The van der Waals surface area contributed by atoms with Gasteiger partial charge in [-0.3, -0.25) is 0 Å². The van der Waals surface area contributed by atoms with E-state index < -0.39 is 0 Å². The number of anilines is 2. The van der Waals surface area contributed by atoms with Crippen LogP contribution in [0.25, 0.3) is 0 Å². The fraction of sp³-hybridized carbons (Fsp3) is 0.0714. The van der Waals surface area contributed by atoms with Crippen molar-refractivity contribution in [2.75, 3.05) is 11.5 Å². The first kappa shape index (κ1) is 12.6. The first-order chi connectivity index (χ1) is 9.10. The molecule has 2 rings (SSSR count). The van der Waals surface area contributed by atoms with Gasteiger partial charge >= 0.3 is 0 Å². The lowest BCUT2D eigenvalue weighted by Gasteiger charge is -2.01. The van der Waals surface area contributed by atoms with E-state index in [0.29, 0.717) is 22.6 Å². The second-order valence-electron chi connectivity index (χ2n) is 4.13. The highest BCUT2D eigenvalue weighted by Crippen LogP contribution is 2.26. The Hall–Kier alpha value is -2.87. The Morgan fingerprint density at radius 1 is 0.947 bits per heavy atom. The molecule has 2 aromatic rings. The molecule has 0 amide bonds. The van der Waals surface area contributed by atoms with E-state index in [1.807, 2.05) is 19.1 Å². The van der Waals surface area contributed by atoms with Crippen LogP contribution < -0.4 is 11.5 Å². The highest BCUT2D eigenvalue weighted by molar-refractivity contribution is 5.60. The fourth-order valence-electron chi connectivity index (χ4n) is 1.63. The Kier molecular flexibility index (Phi) is 3.44. The third kappa shape index (κ3) is 2.87. The van der Waals surface area contributed by atoms with Crippen LogP contribution in [0.3, 0.4) is 0 Å². The van der Waals surface area contributed by atoms with Gasteiger partial charge in [-0.1, -0.05) is 0 Å². The minimum atomic E-state index is 0.400. The number of benzene rings is 2. The number of nitriles is 1. The molecular weight excluding hydrogens is 238 g/mol. The van der Waals surface area contributed by atoms with Crippen molar-refractivity contribution in [3.63, 3.8) is 0 Å². The molecular formula is C14H13N5. The maximum atomic E-state index is 9.01. The summed E-state index contributed by atoms with van der Waals surface area (Å²) in [5.41, 5.74) is 15.0. The van der Waals surface area contributed by atoms with Crippen LogP contribution in [-0.4, -0.2) is 0 Å². The van der Waals surface area contributed by atoms with Crippen molar-refractivity contribution >= 4 is 22.7 Å². The first-order valence-electron chi connectivity index (χ1n) is 5.67. The van der Waals surface area contributed by atoms with Gasteiger partial charge in [0.25, 0.3) is 0 Å². The lowest BCUT2D eigenvalue weighted by Crippen LogP contribution is -1.86. The van der Waals surface area contributed by atoms with Crippen molar-refractivity contribution in [2.24, 2.45) is 10.2 Å². The van der Waals surface area contributed by atoms with E-state index in [-0.39, 0.29) is 0 Å². The van der Waals surface area contributed by atoms with E-state index in [0.717, 1.165) is 11.3 Å². The minimum absolute atomic E-state index is 0.400. The highest BCUT2D eigenvalue weighted by atomic mass is 15.1. The minimum Gasteiger partial charge on any atom is -0.399 e. The summed E-state index contributed by atoms with van der Waals surface area (Å²) in [6.07, 6.45) is 0. The number of rotatable bonds is 2. The number of nitrogens with two attached hydrogens (primary N) is 2. The zero-order chi connectivity index (χ0) is 13.8. The van der Waals surface area contributed by atoms with Gasteiger partial charge in [-0.25, -0.2) is 0 Å². The highest BCUT2D eigenvalue weighted by Gasteiger charge is 2.02. The number of azo groups is 1. The molecule has 5 nitrogen and oxygen atoms in total. The van der Waals surface area contributed by atoms with E-state index >= 15 is 0 Å². The Morgan fingerprint density at radius 3 is 2.16 bits per heavy atom. The van der Waals surface area contributed by atoms with Crippen LogP contribution in [0.1, 0.15) is 11.1 Å². The Morgan fingerprint density at radius 2 is 1.53 bits per heavy atom. The molecule has 94 valence electrons. The summed E-state index contributed by atoms with van der Waals surface area (Å²) in [6.45, 7) is 1.90. The van der Waals surface area contributed by atoms with Gasteiger partial charge in [0.05, 0.1) is 11.3 Å². The van der Waals surface area contributed by atoms with Gasteiger partial charge in [0.15, 0.2) is 0 Å². The predicted octanol–water partition coefficient (Wildman–Crippen LogP) is 3.45. The van der Waals surface area contributed by atoms with Gasteiger partial charge in [-0.15, -0.1) is 5.11 Å². The Bertz CT molecular complexity index is 683. The van der Waals surface area contributed by atoms with Gasteiger partial charge in [0.1, 0.15) is 11.8 Å². The quantitative estimate of drug-likeness (QED) is 0.631. The number of aryl methyl sites for hydroxylation is 1. The Balaban J connectivity index is 2.35. The summed E-state index contributed by atoms with van der Waals surface area (Å²) in [6, 6.07) is 12.3. The van der Waals surface area contributed by atoms with Crippen molar-refractivity contribution in [1.82, 2.24) is 0 Å². The summed E-state index contributed by atoms with van der Waals surface area (Å²) < 4.78 is 0. The molecule has 0 unspecified atom stereocenters. The summed E-state index contributed by atoms with van der Waals surface area (Å²) in [4.78, 5) is 0. The molecule has 0 aliphatic rings. The largest absolute Gasteiger partial charge is 0.399 e. The molecule has 0 aromatic heterocycles. The van der Waals surface area contributed by atoms with Crippen LogP contribution in [0.2, 0.25) is 0 Å². The fourth-order valence-corrected chi connectivity index (χ4v) is 1.63.